The fraction of sp³-hybridized carbons (Fsp3) is 0.333. The average molecular weight is 483 g/mol. The largest absolute Gasteiger partial charge is 0.483 e. The maximum absolute atomic E-state index is 11.2. The van der Waals surface area contributed by atoms with Gasteiger partial charge in [-0.1, -0.05) is 11.3 Å². The van der Waals surface area contributed by atoms with Gasteiger partial charge in [0.1, 0.15) is 11.3 Å². The lowest BCUT2D eigenvalue weighted by atomic mass is 10.0. The summed E-state index contributed by atoms with van der Waals surface area (Å²) in [5.41, 5.74) is 3.62. The van der Waals surface area contributed by atoms with Gasteiger partial charge in [0.05, 0.1) is 11.0 Å². The number of carboxylic acid groups (broad SMARTS) is 1. The van der Waals surface area contributed by atoms with Gasteiger partial charge in [0.25, 0.3) is 11.7 Å². The summed E-state index contributed by atoms with van der Waals surface area (Å²) in [6, 6.07) is 10.2. The van der Waals surface area contributed by atoms with E-state index in [9.17, 15) is 4.79 Å². The molecule has 4 aromatic rings. The molecule has 1 saturated heterocycles. The van der Waals surface area contributed by atoms with Gasteiger partial charge in [0, 0.05) is 55.3 Å². The molecule has 1 amide bonds. The Balaban J connectivity index is 0.000000868. The van der Waals surface area contributed by atoms with Gasteiger partial charge in [-0.2, -0.15) is 4.98 Å². The Hall–Kier alpha value is -3.50. The molecule has 34 heavy (non-hydrogen) atoms. The van der Waals surface area contributed by atoms with Gasteiger partial charge < -0.3 is 19.6 Å². The predicted molar refractivity (Wildman–Crippen MR) is 129 cm³/mol. The van der Waals surface area contributed by atoms with E-state index in [-0.39, 0.29) is 18.4 Å². The van der Waals surface area contributed by atoms with Crippen LogP contribution in [-0.4, -0.2) is 51.5 Å². The van der Waals surface area contributed by atoms with Gasteiger partial charge in [-0.05, 0) is 44.0 Å². The van der Waals surface area contributed by atoms with E-state index in [2.05, 4.69) is 20.2 Å². The van der Waals surface area contributed by atoms with E-state index < -0.39 is 0 Å². The molecule has 9 nitrogen and oxygen atoms in total. The zero-order chi connectivity index (χ0) is 24.1. The number of aromatic nitrogens is 2. The molecule has 0 bridgehead atoms. The fourth-order valence-electron chi connectivity index (χ4n) is 4.05. The molecule has 4 heterocycles. The molecule has 178 valence electrons. The van der Waals surface area contributed by atoms with E-state index in [0.717, 1.165) is 53.8 Å². The van der Waals surface area contributed by atoms with Crippen molar-refractivity contribution in [2.75, 3.05) is 13.1 Å². The number of amides is 1. The topological polar surface area (TPSA) is 118 Å². The molecule has 0 radical (unpaired) electrons. The summed E-state index contributed by atoms with van der Waals surface area (Å²) >= 11 is 1.48. The molecular formula is C24H26N4O5S. The number of nitrogens with zero attached hydrogens (tertiary/aromatic N) is 3. The van der Waals surface area contributed by atoms with E-state index in [0.29, 0.717) is 16.6 Å². The quantitative estimate of drug-likeness (QED) is 0.404. The van der Waals surface area contributed by atoms with Crippen LogP contribution in [0.25, 0.3) is 21.3 Å². The van der Waals surface area contributed by atoms with E-state index in [1.165, 1.54) is 16.9 Å². The van der Waals surface area contributed by atoms with Crippen LogP contribution in [0, 0.1) is 6.92 Å². The molecule has 1 aliphatic rings. The van der Waals surface area contributed by atoms with Gasteiger partial charge in [0.2, 0.25) is 5.91 Å². The molecule has 0 unspecified atom stereocenters. The number of ether oxygens (including phenoxy) is 1. The second kappa shape index (κ2) is 10.6. The molecule has 1 aliphatic heterocycles. The number of carbonyl (C=O) groups excluding carboxylic acids is 1. The Morgan fingerprint density at radius 2 is 2.06 bits per heavy atom. The number of thiazole rings is 1. The first-order valence-electron chi connectivity index (χ1n) is 10.9. The van der Waals surface area contributed by atoms with Gasteiger partial charge in [0.15, 0.2) is 5.65 Å². The molecule has 0 saturated carbocycles. The minimum Gasteiger partial charge on any atom is -0.483 e. The van der Waals surface area contributed by atoms with Crippen molar-refractivity contribution in [3.63, 3.8) is 0 Å². The highest BCUT2D eigenvalue weighted by atomic mass is 32.1. The number of piperidine rings is 1. The van der Waals surface area contributed by atoms with Gasteiger partial charge in [-0.15, -0.1) is 0 Å². The summed E-state index contributed by atoms with van der Waals surface area (Å²) in [6.45, 7) is 6.04. The van der Waals surface area contributed by atoms with Crippen molar-refractivity contribution < 1.29 is 23.8 Å². The van der Waals surface area contributed by atoms with Crippen LogP contribution in [0.1, 0.15) is 31.0 Å². The Kier molecular flexibility index (Phi) is 7.39. The van der Waals surface area contributed by atoms with Gasteiger partial charge in [-0.3, -0.25) is 14.5 Å². The second-order valence-electron chi connectivity index (χ2n) is 8.13. The molecule has 3 aromatic heterocycles. The van der Waals surface area contributed by atoms with E-state index in [1.807, 2.05) is 43.5 Å². The Morgan fingerprint density at radius 1 is 1.29 bits per heavy atom. The first-order chi connectivity index (χ1) is 16.4. The van der Waals surface area contributed by atoms with Crippen LogP contribution >= 0.6 is 11.3 Å². The lowest BCUT2D eigenvalue weighted by Crippen LogP contribution is -2.43. The maximum Gasteiger partial charge on any atom is 0.290 e. The molecule has 5 rings (SSSR count). The smallest absolute Gasteiger partial charge is 0.290 e. The third-order valence-corrected chi connectivity index (χ3v) is 6.48. The van der Waals surface area contributed by atoms with Crippen LogP contribution < -0.4 is 10.1 Å². The predicted octanol–water partition coefficient (Wildman–Crippen LogP) is 4.34. The number of furan rings is 1. The monoisotopic (exact) mass is 482 g/mol. The molecule has 0 spiro atoms. The van der Waals surface area contributed by atoms with E-state index in [1.54, 1.807) is 6.92 Å². The summed E-state index contributed by atoms with van der Waals surface area (Å²) in [4.78, 5) is 30.9. The van der Waals surface area contributed by atoms with Crippen molar-refractivity contribution in [2.24, 2.45) is 0 Å². The lowest BCUT2D eigenvalue weighted by Gasteiger charge is -2.31. The molecule has 10 heteroatoms. The standard InChI is InChI=1S/C23H24N4O3S.CH2O2/c1-14-3-6-21-22(24-14)26-23(31-21)30-18-4-5-19-16(13-29-20(19)11-18)12-27-9-7-17(8-10-27)25-15(2)28;2-1-3/h3-6,11,13,17H,7-10,12H2,1-2H3,(H,25,28);1H,(H,2,3). The first-order valence-corrected chi connectivity index (χ1v) is 11.8. The second-order valence-corrected chi connectivity index (χ2v) is 9.12. The van der Waals surface area contributed by atoms with Crippen molar-refractivity contribution in [1.82, 2.24) is 20.2 Å². The zero-order valence-corrected chi connectivity index (χ0v) is 19.8. The molecule has 2 N–H and O–H groups in total. The highest BCUT2D eigenvalue weighted by Crippen LogP contribution is 2.33. The highest BCUT2D eigenvalue weighted by molar-refractivity contribution is 7.20. The summed E-state index contributed by atoms with van der Waals surface area (Å²) in [5.74, 6) is 0.745. The summed E-state index contributed by atoms with van der Waals surface area (Å²) in [6.07, 6.45) is 3.78. The van der Waals surface area contributed by atoms with Crippen molar-refractivity contribution in [2.45, 2.75) is 39.3 Å². The minimum atomic E-state index is -0.250. The number of hydrogen-bond donors (Lipinski definition) is 2. The molecule has 0 aliphatic carbocycles. The average Bonchev–Trinajstić information content (AvgIpc) is 3.38. The number of nitrogens with one attached hydrogen (secondary N) is 1. The summed E-state index contributed by atoms with van der Waals surface area (Å²) in [5, 5.41) is 11.6. The fourth-order valence-corrected chi connectivity index (χ4v) is 4.83. The number of pyridine rings is 1. The Bertz CT molecular complexity index is 1290. The third-order valence-electron chi connectivity index (χ3n) is 5.59. The Morgan fingerprint density at radius 3 is 2.79 bits per heavy atom. The van der Waals surface area contributed by atoms with Gasteiger partial charge in [-0.25, -0.2) is 4.98 Å². The molecular weight excluding hydrogens is 456 g/mol. The number of aryl methyl sites for hydroxylation is 1. The van der Waals surface area contributed by atoms with E-state index >= 15 is 0 Å². The van der Waals surface area contributed by atoms with Crippen LogP contribution in [-0.2, 0) is 16.1 Å². The number of likely N-dealkylation sites (tertiary alicyclic amines) is 1. The number of fused-ring (bicyclic) bond motifs is 2. The van der Waals surface area contributed by atoms with Crippen LogP contribution in [0.3, 0.4) is 0 Å². The van der Waals surface area contributed by atoms with Gasteiger partial charge >= 0.3 is 0 Å². The van der Waals surface area contributed by atoms with Crippen molar-refractivity contribution in [3.8, 4) is 10.9 Å². The normalized spacial score (nSPS) is 14.5. The minimum absolute atomic E-state index is 0.0505. The third kappa shape index (κ3) is 5.70. The summed E-state index contributed by atoms with van der Waals surface area (Å²) < 4.78 is 12.8. The lowest BCUT2D eigenvalue weighted by molar-refractivity contribution is -0.123. The molecule has 1 fully saturated rings. The number of benzene rings is 1. The number of rotatable bonds is 5. The van der Waals surface area contributed by atoms with Crippen LogP contribution in [0.4, 0.5) is 0 Å². The zero-order valence-electron chi connectivity index (χ0n) is 19.0. The van der Waals surface area contributed by atoms with Crippen molar-refractivity contribution in [3.05, 3.63) is 47.9 Å². The highest BCUT2D eigenvalue weighted by Gasteiger charge is 2.21. The van der Waals surface area contributed by atoms with Crippen molar-refractivity contribution >= 4 is 45.0 Å². The molecule has 0 atom stereocenters. The van der Waals surface area contributed by atoms with E-state index in [4.69, 9.17) is 19.1 Å². The SMILES string of the molecule is CC(=O)NC1CCN(Cc2coc3cc(Oc4nc5nc(C)ccc5s4)ccc23)CC1.O=CO. The van der Waals surface area contributed by atoms with Crippen LogP contribution in [0.5, 0.6) is 10.9 Å². The molecule has 1 aromatic carbocycles. The first kappa shape index (κ1) is 23.7. The maximum atomic E-state index is 11.2. The Labute approximate surface area is 200 Å². The number of hydrogen-bond acceptors (Lipinski definition) is 8. The van der Waals surface area contributed by atoms with Crippen molar-refractivity contribution in [1.29, 1.82) is 0 Å². The summed E-state index contributed by atoms with van der Waals surface area (Å²) in [7, 11) is 0. The van der Waals surface area contributed by atoms with Crippen LogP contribution in [0.2, 0.25) is 0 Å². The van der Waals surface area contributed by atoms with Crippen LogP contribution in [0.15, 0.2) is 41.0 Å². The number of carbonyl (C=O) groups is 2.